The van der Waals surface area contributed by atoms with Crippen molar-refractivity contribution in [1.82, 2.24) is 0 Å². The monoisotopic (exact) mass is 275 g/mol. The number of halogens is 1. The second kappa shape index (κ2) is 4.54. The fourth-order valence-corrected chi connectivity index (χ4v) is 1.86. The molecule has 1 heterocycles. The van der Waals surface area contributed by atoms with Crippen molar-refractivity contribution in [3.05, 3.63) is 47.9 Å². The lowest BCUT2D eigenvalue weighted by Crippen LogP contribution is -1.84. The second-order valence-corrected chi connectivity index (χ2v) is 4.89. The molecule has 1 aromatic heterocycles. The Labute approximate surface area is 103 Å². The standard InChI is InChI=1S/C13H10BrNO/c1-9(14)10-2-4-11(5-3-10)12-6-7-16-13(12)8-15/h2-7,9H,1H3. The summed E-state index contributed by atoms with van der Waals surface area (Å²) in [5.74, 6) is 0.361. The van der Waals surface area contributed by atoms with Crippen molar-refractivity contribution in [2.24, 2.45) is 0 Å². The van der Waals surface area contributed by atoms with Crippen LogP contribution >= 0.6 is 15.9 Å². The van der Waals surface area contributed by atoms with E-state index in [0.29, 0.717) is 10.6 Å². The van der Waals surface area contributed by atoms with E-state index in [4.69, 9.17) is 9.68 Å². The highest BCUT2D eigenvalue weighted by Crippen LogP contribution is 2.27. The molecule has 3 heteroatoms. The Hall–Kier alpha value is -1.53. The molecular formula is C13H10BrNO. The van der Waals surface area contributed by atoms with Crippen LogP contribution in [-0.4, -0.2) is 0 Å². The van der Waals surface area contributed by atoms with Gasteiger partial charge < -0.3 is 4.42 Å². The molecule has 1 atom stereocenters. The van der Waals surface area contributed by atoms with Gasteiger partial charge in [0.25, 0.3) is 0 Å². The van der Waals surface area contributed by atoms with Gasteiger partial charge in [0.15, 0.2) is 0 Å². The molecule has 0 aliphatic heterocycles. The first kappa shape index (κ1) is 11.0. The Morgan fingerprint density at radius 2 is 1.94 bits per heavy atom. The molecular weight excluding hydrogens is 266 g/mol. The van der Waals surface area contributed by atoms with Crippen molar-refractivity contribution in [2.45, 2.75) is 11.8 Å². The van der Waals surface area contributed by atoms with E-state index < -0.39 is 0 Å². The molecule has 0 amide bonds. The maximum Gasteiger partial charge on any atom is 0.211 e. The first-order valence-electron chi connectivity index (χ1n) is 4.94. The first-order chi connectivity index (χ1) is 7.72. The van der Waals surface area contributed by atoms with Crippen LogP contribution < -0.4 is 0 Å². The third kappa shape index (κ3) is 2.02. The maximum atomic E-state index is 8.86. The van der Waals surface area contributed by atoms with E-state index in [1.165, 1.54) is 11.8 Å². The number of nitriles is 1. The van der Waals surface area contributed by atoms with Crippen LogP contribution in [-0.2, 0) is 0 Å². The topological polar surface area (TPSA) is 36.9 Å². The van der Waals surface area contributed by atoms with E-state index in [1.807, 2.05) is 36.4 Å². The maximum absolute atomic E-state index is 8.86. The van der Waals surface area contributed by atoms with Gasteiger partial charge >= 0.3 is 0 Å². The SMILES string of the molecule is CC(Br)c1ccc(-c2ccoc2C#N)cc1. The van der Waals surface area contributed by atoms with E-state index in [2.05, 4.69) is 22.9 Å². The van der Waals surface area contributed by atoms with Gasteiger partial charge in [-0.2, -0.15) is 5.26 Å². The average molecular weight is 276 g/mol. The van der Waals surface area contributed by atoms with Gasteiger partial charge in [0.1, 0.15) is 6.07 Å². The summed E-state index contributed by atoms with van der Waals surface area (Å²) >= 11 is 3.51. The van der Waals surface area contributed by atoms with Crippen LogP contribution in [0.5, 0.6) is 0 Å². The fourth-order valence-electron chi connectivity index (χ4n) is 1.55. The predicted octanol–water partition coefficient (Wildman–Crippen LogP) is 4.27. The summed E-state index contributed by atoms with van der Waals surface area (Å²) in [4.78, 5) is 0.335. The van der Waals surface area contributed by atoms with Crippen molar-refractivity contribution in [2.75, 3.05) is 0 Å². The van der Waals surface area contributed by atoms with Gasteiger partial charge in [-0.15, -0.1) is 0 Å². The molecule has 16 heavy (non-hydrogen) atoms. The van der Waals surface area contributed by atoms with Crippen LogP contribution in [0.15, 0.2) is 41.0 Å². The number of nitrogens with zero attached hydrogens (tertiary/aromatic N) is 1. The summed E-state index contributed by atoms with van der Waals surface area (Å²) in [6.07, 6.45) is 1.54. The Morgan fingerprint density at radius 3 is 2.50 bits per heavy atom. The van der Waals surface area contributed by atoms with Gasteiger partial charge in [0.2, 0.25) is 5.76 Å². The van der Waals surface area contributed by atoms with E-state index >= 15 is 0 Å². The third-order valence-corrected chi connectivity index (χ3v) is 2.98. The third-order valence-electron chi connectivity index (χ3n) is 2.45. The van der Waals surface area contributed by atoms with Gasteiger partial charge in [-0.25, -0.2) is 0 Å². The van der Waals surface area contributed by atoms with Gasteiger partial charge in [-0.1, -0.05) is 40.2 Å². The Morgan fingerprint density at radius 1 is 1.25 bits per heavy atom. The number of rotatable bonds is 2. The van der Waals surface area contributed by atoms with Gasteiger partial charge in [0.05, 0.1) is 6.26 Å². The molecule has 2 aromatic rings. The number of hydrogen-bond donors (Lipinski definition) is 0. The molecule has 1 aromatic carbocycles. The van der Waals surface area contributed by atoms with E-state index in [1.54, 1.807) is 0 Å². The first-order valence-corrected chi connectivity index (χ1v) is 5.86. The summed E-state index contributed by atoms with van der Waals surface area (Å²) < 4.78 is 5.08. The molecule has 0 saturated carbocycles. The average Bonchev–Trinajstić information content (AvgIpc) is 2.77. The summed E-state index contributed by atoms with van der Waals surface area (Å²) in [7, 11) is 0. The van der Waals surface area contributed by atoms with Crippen molar-refractivity contribution in [1.29, 1.82) is 5.26 Å². The molecule has 0 spiro atoms. The smallest absolute Gasteiger partial charge is 0.211 e. The van der Waals surface area contributed by atoms with Crippen LogP contribution in [0.3, 0.4) is 0 Å². The lowest BCUT2D eigenvalue weighted by Gasteiger charge is -2.04. The normalized spacial score (nSPS) is 12.1. The minimum Gasteiger partial charge on any atom is -0.453 e. The van der Waals surface area contributed by atoms with Crippen LogP contribution in [0.1, 0.15) is 23.1 Å². The molecule has 0 fully saturated rings. The van der Waals surface area contributed by atoms with Gasteiger partial charge in [-0.05, 0) is 24.1 Å². The molecule has 0 aliphatic carbocycles. The van der Waals surface area contributed by atoms with Gasteiger partial charge in [0, 0.05) is 10.4 Å². The molecule has 0 aliphatic rings. The number of hydrogen-bond acceptors (Lipinski definition) is 2. The van der Waals surface area contributed by atoms with E-state index in [0.717, 1.165) is 11.1 Å². The predicted molar refractivity (Wildman–Crippen MR) is 66.2 cm³/mol. The molecule has 2 nitrogen and oxygen atoms in total. The van der Waals surface area contributed by atoms with E-state index in [-0.39, 0.29) is 0 Å². The summed E-state index contributed by atoms with van der Waals surface area (Å²) in [6.45, 7) is 2.08. The minimum absolute atomic E-state index is 0.335. The summed E-state index contributed by atoms with van der Waals surface area (Å²) in [6, 6.07) is 11.9. The van der Waals surface area contributed by atoms with Crippen molar-refractivity contribution in [3.8, 4) is 17.2 Å². The van der Waals surface area contributed by atoms with Crippen molar-refractivity contribution >= 4 is 15.9 Å². The summed E-state index contributed by atoms with van der Waals surface area (Å²) in [5, 5.41) is 8.86. The lowest BCUT2D eigenvalue weighted by atomic mass is 10.0. The largest absolute Gasteiger partial charge is 0.453 e. The highest BCUT2D eigenvalue weighted by atomic mass is 79.9. The molecule has 0 bridgehead atoms. The zero-order valence-corrected chi connectivity index (χ0v) is 10.4. The zero-order chi connectivity index (χ0) is 11.5. The minimum atomic E-state index is 0.335. The van der Waals surface area contributed by atoms with Crippen molar-refractivity contribution < 1.29 is 4.42 Å². The number of benzene rings is 1. The Balaban J connectivity index is 2.39. The van der Waals surface area contributed by atoms with Crippen LogP contribution in [0, 0.1) is 11.3 Å². The molecule has 0 saturated heterocycles. The second-order valence-electron chi connectivity index (χ2n) is 3.51. The van der Waals surface area contributed by atoms with E-state index in [9.17, 15) is 0 Å². The summed E-state index contributed by atoms with van der Waals surface area (Å²) in [5.41, 5.74) is 3.06. The highest BCUT2D eigenvalue weighted by Gasteiger charge is 2.08. The Bertz CT molecular complexity index is 520. The Kier molecular flexibility index (Phi) is 3.12. The van der Waals surface area contributed by atoms with Crippen LogP contribution in [0.25, 0.3) is 11.1 Å². The molecule has 0 radical (unpaired) electrons. The molecule has 2 rings (SSSR count). The molecule has 80 valence electrons. The van der Waals surface area contributed by atoms with Crippen LogP contribution in [0.2, 0.25) is 0 Å². The quantitative estimate of drug-likeness (QED) is 0.768. The number of furan rings is 1. The number of alkyl halides is 1. The molecule has 1 unspecified atom stereocenters. The lowest BCUT2D eigenvalue weighted by molar-refractivity contribution is 0.553. The molecule has 0 N–H and O–H groups in total. The zero-order valence-electron chi connectivity index (χ0n) is 8.77. The van der Waals surface area contributed by atoms with Gasteiger partial charge in [-0.3, -0.25) is 0 Å². The van der Waals surface area contributed by atoms with Crippen LogP contribution in [0.4, 0.5) is 0 Å². The van der Waals surface area contributed by atoms with Crippen molar-refractivity contribution in [3.63, 3.8) is 0 Å². The fraction of sp³-hybridized carbons (Fsp3) is 0.154. The highest BCUT2D eigenvalue weighted by molar-refractivity contribution is 9.09.